The molecular formula is C10H14N2O. The van der Waals surface area contributed by atoms with Crippen LogP contribution in [0.2, 0.25) is 0 Å². The van der Waals surface area contributed by atoms with Gasteiger partial charge in [0.05, 0.1) is 24.7 Å². The van der Waals surface area contributed by atoms with Gasteiger partial charge in [0.2, 0.25) is 0 Å². The molecule has 1 unspecified atom stereocenters. The molecule has 0 radical (unpaired) electrons. The van der Waals surface area contributed by atoms with Gasteiger partial charge in [0.15, 0.2) is 0 Å². The standard InChI is InChI=1S/C10H14N2O/c1-4-5-10(13)6-12-7-11-8(2)9(12)3/h1,7,10,13H,5-6H2,2-3H3. The molecule has 0 spiro atoms. The summed E-state index contributed by atoms with van der Waals surface area (Å²) >= 11 is 0. The van der Waals surface area contributed by atoms with Crippen LogP contribution >= 0.6 is 0 Å². The molecule has 3 heteroatoms. The van der Waals surface area contributed by atoms with Crippen LogP contribution in [-0.4, -0.2) is 20.8 Å². The molecule has 0 aromatic carbocycles. The summed E-state index contributed by atoms with van der Waals surface area (Å²) in [5, 5.41) is 9.45. The Kier molecular flexibility index (Phi) is 3.10. The maximum absolute atomic E-state index is 9.45. The van der Waals surface area contributed by atoms with Gasteiger partial charge in [-0.3, -0.25) is 0 Å². The fraction of sp³-hybridized carbons (Fsp3) is 0.500. The number of terminal acetylenes is 1. The number of imidazole rings is 1. The zero-order valence-electron chi connectivity index (χ0n) is 7.99. The van der Waals surface area contributed by atoms with Crippen molar-refractivity contribution in [2.24, 2.45) is 0 Å². The first-order valence-corrected chi connectivity index (χ1v) is 4.25. The van der Waals surface area contributed by atoms with E-state index < -0.39 is 6.10 Å². The minimum Gasteiger partial charge on any atom is -0.390 e. The van der Waals surface area contributed by atoms with Crippen molar-refractivity contribution in [1.82, 2.24) is 9.55 Å². The largest absolute Gasteiger partial charge is 0.390 e. The van der Waals surface area contributed by atoms with Gasteiger partial charge in [-0.2, -0.15) is 0 Å². The summed E-state index contributed by atoms with van der Waals surface area (Å²) in [6, 6.07) is 0. The lowest BCUT2D eigenvalue weighted by atomic mass is 10.2. The zero-order chi connectivity index (χ0) is 9.84. The Morgan fingerprint density at radius 2 is 2.38 bits per heavy atom. The number of aromatic nitrogens is 2. The molecule has 1 aromatic rings. The predicted octanol–water partition coefficient (Wildman–Crippen LogP) is 0.884. The summed E-state index contributed by atoms with van der Waals surface area (Å²) in [5.74, 6) is 2.43. The fourth-order valence-corrected chi connectivity index (χ4v) is 1.16. The van der Waals surface area contributed by atoms with Gasteiger partial charge in [-0.1, -0.05) is 0 Å². The van der Waals surface area contributed by atoms with Gasteiger partial charge in [-0.25, -0.2) is 4.98 Å². The molecule has 13 heavy (non-hydrogen) atoms. The summed E-state index contributed by atoms with van der Waals surface area (Å²) in [5.41, 5.74) is 2.07. The van der Waals surface area contributed by atoms with Crippen molar-refractivity contribution < 1.29 is 5.11 Å². The summed E-state index contributed by atoms with van der Waals surface area (Å²) < 4.78 is 1.91. The first-order valence-electron chi connectivity index (χ1n) is 4.25. The molecule has 3 nitrogen and oxygen atoms in total. The molecule has 0 saturated heterocycles. The highest BCUT2D eigenvalue weighted by atomic mass is 16.3. The van der Waals surface area contributed by atoms with Crippen molar-refractivity contribution in [2.45, 2.75) is 32.9 Å². The maximum atomic E-state index is 9.45. The Bertz CT molecular complexity index is 322. The second-order valence-corrected chi connectivity index (χ2v) is 3.13. The van der Waals surface area contributed by atoms with E-state index in [1.54, 1.807) is 6.33 Å². The average molecular weight is 178 g/mol. The highest BCUT2D eigenvalue weighted by Crippen LogP contribution is 2.06. The van der Waals surface area contributed by atoms with Gasteiger partial charge in [0, 0.05) is 12.1 Å². The van der Waals surface area contributed by atoms with Crippen molar-refractivity contribution in [2.75, 3.05) is 0 Å². The quantitative estimate of drug-likeness (QED) is 0.698. The second-order valence-electron chi connectivity index (χ2n) is 3.13. The van der Waals surface area contributed by atoms with Crippen LogP contribution in [0.4, 0.5) is 0 Å². The number of aliphatic hydroxyl groups excluding tert-OH is 1. The monoisotopic (exact) mass is 178 g/mol. The molecule has 0 aliphatic heterocycles. The topological polar surface area (TPSA) is 38.0 Å². The smallest absolute Gasteiger partial charge is 0.0952 e. The lowest BCUT2D eigenvalue weighted by Gasteiger charge is -2.09. The second kappa shape index (κ2) is 4.11. The molecule has 0 fully saturated rings. The van der Waals surface area contributed by atoms with Crippen molar-refractivity contribution >= 4 is 0 Å². The molecule has 1 rings (SSSR count). The highest BCUT2D eigenvalue weighted by Gasteiger charge is 2.06. The van der Waals surface area contributed by atoms with Gasteiger partial charge >= 0.3 is 0 Å². The third-order valence-corrected chi connectivity index (χ3v) is 2.11. The molecule has 0 aliphatic rings. The maximum Gasteiger partial charge on any atom is 0.0952 e. The van der Waals surface area contributed by atoms with Crippen molar-refractivity contribution in [3.63, 3.8) is 0 Å². The van der Waals surface area contributed by atoms with Crippen LogP contribution in [0.15, 0.2) is 6.33 Å². The van der Waals surface area contributed by atoms with Crippen molar-refractivity contribution in [3.05, 3.63) is 17.7 Å². The normalized spacial score (nSPS) is 12.5. The number of rotatable bonds is 3. The van der Waals surface area contributed by atoms with Crippen molar-refractivity contribution in [1.29, 1.82) is 0 Å². The van der Waals surface area contributed by atoms with E-state index in [1.165, 1.54) is 0 Å². The Hall–Kier alpha value is -1.27. The third-order valence-electron chi connectivity index (χ3n) is 2.11. The van der Waals surface area contributed by atoms with Crippen LogP contribution in [0.3, 0.4) is 0 Å². The van der Waals surface area contributed by atoms with Crippen LogP contribution in [0.1, 0.15) is 17.8 Å². The van der Waals surface area contributed by atoms with Crippen LogP contribution in [0, 0.1) is 26.2 Å². The molecular weight excluding hydrogens is 164 g/mol. The molecule has 1 atom stereocenters. The SMILES string of the molecule is C#CCC(O)Cn1cnc(C)c1C. The molecule has 1 heterocycles. The molecule has 0 bridgehead atoms. The van der Waals surface area contributed by atoms with E-state index in [0.717, 1.165) is 11.4 Å². The van der Waals surface area contributed by atoms with E-state index in [1.807, 2.05) is 18.4 Å². The molecule has 0 saturated carbocycles. The minimum atomic E-state index is -0.475. The Labute approximate surface area is 78.4 Å². The van der Waals surface area contributed by atoms with E-state index in [0.29, 0.717) is 13.0 Å². The van der Waals surface area contributed by atoms with Crippen LogP contribution in [0.5, 0.6) is 0 Å². The lowest BCUT2D eigenvalue weighted by Crippen LogP contribution is -2.15. The molecule has 0 aliphatic carbocycles. The van der Waals surface area contributed by atoms with E-state index in [-0.39, 0.29) is 0 Å². The average Bonchev–Trinajstić information content (AvgIpc) is 2.37. The molecule has 1 N–H and O–H groups in total. The van der Waals surface area contributed by atoms with Gasteiger partial charge in [0.25, 0.3) is 0 Å². The summed E-state index contributed by atoms with van der Waals surface area (Å²) in [4.78, 5) is 4.13. The fourth-order valence-electron chi connectivity index (χ4n) is 1.16. The first kappa shape index (κ1) is 9.82. The third kappa shape index (κ3) is 2.33. The molecule has 1 aromatic heterocycles. The van der Waals surface area contributed by atoms with E-state index in [2.05, 4.69) is 10.9 Å². The molecule has 0 amide bonds. The lowest BCUT2D eigenvalue weighted by molar-refractivity contribution is 0.158. The number of nitrogens with zero attached hydrogens (tertiary/aromatic N) is 2. The summed E-state index contributed by atoms with van der Waals surface area (Å²) in [7, 11) is 0. The van der Waals surface area contributed by atoms with E-state index >= 15 is 0 Å². The van der Waals surface area contributed by atoms with Gasteiger partial charge < -0.3 is 9.67 Å². The van der Waals surface area contributed by atoms with Crippen LogP contribution < -0.4 is 0 Å². The molecule has 70 valence electrons. The summed E-state index contributed by atoms with van der Waals surface area (Å²) in [6.07, 6.45) is 6.73. The number of hydrogen-bond donors (Lipinski definition) is 1. The Morgan fingerprint density at radius 1 is 1.69 bits per heavy atom. The predicted molar refractivity (Wildman–Crippen MR) is 51.2 cm³/mol. The minimum absolute atomic E-state index is 0.386. The van der Waals surface area contributed by atoms with E-state index in [9.17, 15) is 5.11 Å². The zero-order valence-corrected chi connectivity index (χ0v) is 7.99. The van der Waals surface area contributed by atoms with Crippen LogP contribution in [-0.2, 0) is 6.54 Å². The van der Waals surface area contributed by atoms with Gasteiger partial charge in [-0.05, 0) is 13.8 Å². The summed E-state index contributed by atoms with van der Waals surface area (Å²) in [6.45, 7) is 4.45. The highest BCUT2D eigenvalue weighted by molar-refractivity contribution is 5.08. The first-order chi connectivity index (χ1) is 6.15. The van der Waals surface area contributed by atoms with Gasteiger partial charge in [0.1, 0.15) is 0 Å². The van der Waals surface area contributed by atoms with Crippen LogP contribution in [0.25, 0.3) is 0 Å². The van der Waals surface area contributed by atoms with E-state index in [4.69, 9.17) is 6.42 Å². The number of hydrogen-bond acceptors (Lipinski definition) is 2. The Balaban J connectivity index is 2.65. The number of aryl methyl sites for hydroxylation is 1. The van der Waals surface area contributed by atoms with Crippen molar-refractivity contribution in [3.8, 4) is 12.3 Å². The number of aliphatic hydroxyl groups is 1. The Morgan fingerprint density at radius 3 is 2.85 bits per heavy atom. The van der Waals surface area contributed by atoms with Gasteiger partial charge in [-0.15, -0.1) is 12.3 Å².